The Bertz CT molecular complexity index is 1190. The van der Waals surface area contributed by atoms with Crippen LogP contribution in [0.15, 0.2) is 47.3 Å². The maximum Gasteiger partial charge on any atom is 0.272 e. The summed E-state index contributed by atoms with van der Waals surface area (Å²) in [5, 5.41) is 11.0. The van der Waals surface area contributed by atoms with Gasteiger partial charge in [0.2, 0.25) is 11.8 Å². The summed E-state index contributed by atoms with van der Waals surface area (Å²) < 4.78 is 24.4. The Morgan fingerprint density at radius 1 is 1.00 bits per heavy atom. The van der Waals surface area contributed by atoms with Crippen LogP contribution in [0.3, 0.4) is 0 Å². The van der Waals surface area contributed by atoms with Crippen molar-refractivity contribution in [3.8, 4) is 0 Å². The molecule has 12 heteroatoms. The summed E-state index contributed by atoms with van der Waals surface area (Å²) in [6, 6.07) is 9.60. The van der Waals surface area contributed by atoms with Crippen LogP contribution in [-0.2, 0) is 19.4 Å². The van der Waals surface area contributed by atoms with Gasteiger partial charge >= 0.3 is 0 Å². The van der Waals surface area contributed by atoms with Gasteiger partial charge in [0.05, 0.1) is 29.5 Å². The molecule has 3 unspecified atom stereocenters. The van der Waals surface area contributed by atoms with E-state index in [1.807, 2.05) is 6.07 Å². The highest BCUT2D eigenvalue weighted by Gasteiger charge is 2.42. The molecule has 3 atom stereocenters. The highest BCUT2D eigenvalue weighted by Crippen LogP contribution is 2.25. The second-order valence-corrected chi connectivity index (χ2v) is 9.97. The largest absolute Gasteiger partial charge is 0.350 e. The maximum atomic E-state index is 12.8. The molecular weight excluding hydrogens is 438 g/mol. The van der Waals surface area contributed by atoms with Crippen LogP contribution in [0.25, 0.3) is 0 Å². The van der Waals surface area contributed by atoms with Crippen molar-refractivity contribution in [1.29, 1.82) is 0 Å². The number of carbonyl (C=O) groups excluding carboxylic acids is 3. The summed E-state index contributed by atoms with van der Waals surface area (Å²) in [4.78, 5) is 50.2. The summed E-state index contributed by atoms with van der Waals surface area (Å²) in [5.41, 5.74) is 0.124. The predicted octanol–water partition coefficient (Wildman–Crippen LogP) is -1.17. The average molecular weight is 459 g/mol. The van der Waals surface area contributed by atoms with Crippen LogP contribution in [0.2, 0.25) is 0 Å². The molecule has 2 aliphatic heterocycles. The van der Waals surface area contributed by atoms with E-state index in [9.17, 15) is 27.6 Å². The number of aromatic amines is 1. The van der Waals surface area contributed by atoms with E-state index in [-0.39, 0.29) is 36.1 Å². The highest BCUT2D eigenvalue weighted by atomic mass is 32.2. The van der Waals surface area contributed by atoms with Crippen LogP contribution in [0.4, 0.5) is 5.69 Å². The minimum absolute atomic E-state index is 0.0124. The lowest BCUT2D eigenvalue weighted by Crippen LogP contribution is -2.52. The molecule has 3 heterocycles. The quantitative estimate of drug-likeness (QED) is 0.508. The lowest BCUT2D eigenvalue weighted by Gasteiger charge is -2.22. The predicted molar refractivity (Wildman–Crippen MR) is 114 cm³/mol. The summed E-state index contributed by atoms with van der Waals surface area (Å²) in [6.07, 6.45) is 0.0124. The van der Waals surface area contributed by atoms with E-state index in [0.717, 1.165) is 6.07 Å². The third-order valence-electron chi connectivity index (χ3n) is 5.47. The molecule has 1 aromatic carbocycles. The summed E-state index contributed by atoms with van der Waals surface area (Å²) in [7, 11) is -3.50. The fourth-order valence-electron chi connectivity index (χ4n) is 3.89. The van der Waals surface area contributed by atoms with Crippen molar-refractivity contribution in [3.05, 3.63) is 58.5 Å². The number of benzene rings is 1. The first-order valence-electron chi connectivity index (χ1n) is 9.95. The van der Waals surface area contributed by atoms with Crippen molar-refractivity contribution in [2.45, 2.75) is 18.5 Å². The normalized spacial score (nSPS) is 24.3. The Hall–Kier alpha value is -3.54. The lowest BCUT2D eigenvalue weighted by atomic mass is 10.1. The lowest BCUT2D eigenvalue weighted by molar-refractivity contribution is -0.126. The van der Waals surface area contributed by atoms with E-state index in [1.54, 1.807) is 24.3 Å². The van der Waals surface area contributed by atoms with Gasteiger partial charge in [-0.1, -0.05) is 18.2 Å². The van der Waals surface area contributed by atoms with Gasteiger partial charge in [-0.3, -0.25) is 19.2 Å². The van der Waals surface area contributed by atoms with E-state index in [1.165, 1.54) is 11.0 Å². The second kappa shape index (κ2) is 8.54. The number of para-hydroxylation sites is 1. The molecule has 0 spiro atoms. The van der Waals surface area contributed by atoms with Gasteiger partial charge in [-0.2, -0.15) is 5.10 Å². The van der Waals surface area contributed by atoms with Gasteiger partial charge in [-0.25, -0.2) is 13.5 Å². The molecule has 32 heavy (non-hydrogen) atoms. The molecular formula is C20H21N5O6S. The number of amides is 3. The topological polar surface area (TPSA) is 158 Å². The summed E-state index contributed by atoms with van der Waals surface area (Å²) in [5.74, 6) is -2.61. The maximum absolute atomic E-state index is 12.8. The number of hydrogen-bond acceptors (Lipinski definition) is 7. The third-order valence-corrected chi connectivity index (χ3v) is 7.21. The molecule has 3 N–H and O–H groups in total. The van der Waals surface area contributed by atoms with Crippen molar-refractivity contribution in [2.75, 3.05) is 23.0 Å². The number of aromatic nitrogens is 2. The van der Waals surface area contributed by atoms with Gasteiger partial charge in [0, 0.05) is 24.7 Å². The van der Waals surface area contributed by atoms with Crippen LogP contribution in [0.5, 0.6) is 0 Å². The van der Waals surface area contributed by atoms with Gasteiger partial charge in [0.25, 0.3) is 11.5 Å². The molecule has 0 saturated carbocycles. The van der Waals surface area contributed by atoms with Crippen LogP contribution in [0.1, 0.15) is 16.9 Å². The van der Waals surface area contributed by atoms with E-state index in [0.29, 0.717) is 5.69 Å². The van der Waals surface area contributed by atoms with Crippen molar-refractivity contribution in [1.82, 2.24) is 20.8 Å². The van der Waals surface area contributed by atoms with Crippen molar-refractivity contribution < 1.29 is 22.8 Å². The zero-order valence-electron chi connectivity index (χ0n) is 16.9. The van der Waals surface area contributed by atoms with Crippen LogP contribution >= 0.6 is 0 Å². The molecule has 1 aromatic heterocycles. The fourth-order valence-corrected chi connectivity index (χ4v) is 5.75. The molecule has 2 saturated heterocycles. The third kappa shape index (κ3) is 4.69. The SMILES string of the molecule is O=C(NC1CS(=O)(=O)CC1NC(=O)C1CC(=O)N(c2ccccc2)C1)c1ccc(=O)[nH]n1. The number of nitrogens with one attached hydrogen (secondary N) is 3. The van der Waals surface area contributed by atoms with Crippen molar-refractivity contribution in [3.63, 3.8) is 0 Å². The zero-order chi connectivity index (χ0) is 22.9. The Balaban J connectivity index is 1.43. The molecule has 0 aliphatic carbocycles. The first kappa shape index (κ1) is 21.7. The van der Waals surface area contributed by atoms with Crippen LogP contribution < -0.4 is 21.1 Å². The summed E-state index contributed by atoms with van der Waals surface area (Å²) in [6.45, 7) is 0.187. The van der Waals surface area contributed by atoms with Gasteiger partial charge in [0.1, 0.15) is 5.69 Å². The smallest absolute Gasteiger partial charge is 0.272 e. The molecule has 11 nitrogen and oxygen atoms in total. The van der Waals surface area contributed by atoms with E-state index in [4.69, 9.17) is 0 Å². The molecule has 2 fully saturated rings. The van der Waals surface area contributed by atoms with E-state index in [2.05, 4.69) is 20.8 Å². The Morgan fingerprint density at radius 2 is 1.69 bits per heavy atom. The number of anilines is 1. The minimum Gasteiger partial charge on any atom is -0.350 e. The highest BCUT2D eigenvalue weighted by molar-refractivity contribution is 7.91. The molecule has 2 aromatic rings. The number of rotatable bonds is 5. The second-order valence-electron chi connectivity index (χ2n) is 7.82. The van der Waals surface area contributed by atoms with Crippen LogP contribution in [-0.4, -0.2) is 66.5 Å². The standard InChI is InChI=1S/C20H21N5O6S/c26-17-7-6-14(23-24-17)20(29)22-16-11-32(30,31)10-15(16)21-19(28)12-8-18(27)25(9-12)13-4-2-1-3-5-13/h1-7,12,15-16H,8-11H2,(H,21,28)(H,22,29)(H,24,26). The Morgan fingerprint density at radius 3 is 2.34 bits per heavy atom. The number of hydrogen-bond donors (Lipinski definition) is 3. The monoisotopic (exact) mass is 459 g/mol. The van der Waals surface area contributed by atoms with E-state index < -0.39 is 45.2 Å². The number of nitrogens with zero attached hydrogens (tertiary/aromatic N) is 2. The Kier molecular flexibility index (Phi) is 5.78. The zero-order valence-corrected chi connectivity index (χ0v) is 17.7. The van der Waals surface area contributed by atoms with Crippen LogP contribution in [0, 0.1) is 5.92 Å². The molecule has 0 radical (unpaired) electrons. The minimum atomic E-state index is -3.50. The number of H-pyrrole nitrogens is 1. The van der Waals surface area contributed by atoms with E-state index >= 15 is 0 Å². The number of carbonyl (C=O) groups is 3. The molecule has 168 valence electrons. The van der Waals surface area contributed by atoms with Crippen molar-refractivity contribution in [2.24, 2.45) is 5.92 Å². The Labute approximate surface area is 183 Å². The van der Waals surface area contributed by atoms with Gasteiger partial charge in [-0.15, -0.1) is 0 Å². The average Bonchev–Trinajstić information content (AvgIpc) is 3.28. The molecule has 0 bridgehead atoms. The molecule has 4 rings (SSSR count). The van der Waals surface area contributed by atoms with Gasteiger partial charge in [-0.05, 0) is 18.2 Å². The molecule has 2 aliphatic rings. The number of sulfone groups is 1. The first-order chi connectivity index (χ1) is 15.2. The fraction of sp³-hybridized carbons (Fsp3) is 0.350. The van der Waals surface area contributed by atoms with Crippen molar-refractivity contribution >= 4 is 33.2 Å². The first-order valence-corrected chi connectivity index (χ1v) is 11.8. The van der Waals surface area contributed by atoms with Gasteiger partial charge in [0.15, 0.2) is 9.84 Å². The van der Waals surface area contributed by atoms with Gasteiger partial charge < -0.3 is 15.5 Å². The molecule has 3 amide bonds. The summed E-state index contributed by atoms with van der Waals surface area (Å²) >= 11 is 0.